The molecule has 0 aliphatic rings. The summed E-state index contributed by atoms with van der Waals surface area (Å²) in [6.07, 6.45) is 0. The van der Waals surface area contributed by atoms with Gasteiger partial charge in [0.15, 0.2) is 0 Å². The molecule has 0 bridgehead atoms. The molecule has 3 rings (SSSR count). The lowest BCUT2D eigenvalue weighted by molar-refractivity contribution is -0.384. The summed E-state index contributed by atoms with van der Waals surface area (Å²) >= 11 is 18.5. The topological polar surface area (TPSA) is 63.5 Å². The molecule has 0 aromatic heterocycles. The van der Waals surface area contributed by atoms with E-state index in [9.17, 15) is 14.9 Å². The molecule has 0 atom stereocenters. The Morgan fingerprint density at radius 3 is 2.29 bits per heavy atom. The van der Waals surface area contributed by atoms with E-state index in [1.54, 1.807) is 6.07 Å². The fraction of sp³-hybridized carbons (Fsp3) is 0.0500. The number of rotatable bonds is 5. The molecule has 0 N–H and O–H groups in total. The van der Waals surface area contributed by atoms with Gasteiger partial charge in [0, 0.05) is 12.1 Å². The predicted molar refractivity (Wildman–Crippen MR) is 112 cm³/mol. The number of amides is 1. The van der Waals surface area contributed by atoms with Gasteiger partial charge in [-0.05, 0) is 23.8 Å². The maximum atomic E-state index is 13.4. The number of nitro benzene ring substituents is 1. The van der Waals surface area contributed by atoms with Gasteiger partial charge in [-0.2, -0.15) is 0 Å². The van der Waals surface area contributed by atoms with Crippen molar-refractivity contribution in [3.8, 4) is 0 Å². The van der Waals surface area contributed by atoms with Crippen LogP contribution in [0.25, 0.3) is 0 Å². The Labute approximate surface area is 176 Å². The predicted octanol–water partition coefficient (Wildman–Crippen LogP) is 6.40. The van der Waals surface area contributed by atoms with E-state index in [0.717, 1.165) is 5.56 Å². The second-order valence-corrected chi connectivity index (χ2v) is 7.06. The highest BCUT2D eigenvalue weighted by Crippen LogP contribution is 2.34. The van der Waals surface area contributed by atoms with Crippen LogP contribution < -0.4 is 4.90 Å². The van der Waals surface area contributed by atoms with Gasteiger partial charge in [0.05, 0.1) is 37.8 Å². The molecule has 0 radical (unpaired) electrons. The number of carbonyl (C=O) groups excluding carboxylic acids is 1. The van der Waals surface area contributed by atoms with Gasteiger partial charge < -0.3 is 4.90 Å². The van der Waals surface area contributed by atoms with Crippen molar-refractivity contribution in [3.05, 3.63) is 103 Å². The number of nitro groups is 1. The van der Waals surface area contributed by atoms with Crippen LogP contribution in [0.3, 0.4) is 0 Å². The van der Waals surface area contributed by atoms with Gasteiger partial charge in [0.25, 0.3) is 11.6 Å². The molecule has 0 spiro atoms. The van der Waals surface area contributed by atoms with Crippen LogP contribution in [0.5, 0.6) is 0 Å². The SMILES string of the molecule is O=C(c1c(Cl)ccc(Cl)c1Cl)N(Cc1ccccc1)c1cccc([N+](=O)[O-])c1. The number of nitrogens with zero attached hydrogens (tertiary/aromatic N) is 2. The lowest BCUT2D eigenvalue weighted by Crippen LogP contribution is -2.31. The van der Waals surface area contributed by atoms with E-state index in [0.29, 0.717) is 5.69 Å². The number of hydrogen-bond donors (Lipinski definition) is 0. The van der Waals surface area contributed by atoms with Gasteiger partial charge >= 0.3 is 0 Å². The molecule has 0 aliphatic carbocycles. The second-order valence-electron chi connectivity index (χ2n) is 5.87. The van der Waals surface area contributed by atoms with Gasteiger partial charge in [-0.3, -0.25) is 14.9 Å². The summed E-state index contributed by atoms with van der Waals surface area (Å²) in [7, 11) is 0. The highest BCUT2D eigenvalue weighted by Gasteiger charge is 2.25. The standard InChI is InChI=1S/C20H13Cl3N2O3/c21-16-9-10-17(22)19(23)18(16)20(26)24(12-13-5-2-1-3-6-13)14-7-4-8-15(11-14)25(27)28/h1-11H,12H2. The summed E-state index contributed by atoms with van der Waals surface area (Å²) in [5.74, 6) is -0.512. The Kier molecular flexibility index (Phi) is 6.19. The van der Waals surface area contributed by atoms with E-state index in [1.807, 2.05) is 30.3 Å². The van der Waals surface area contributed by atoms with Crippen molar-refractivity contribution in [2.24, 2.45) is 0 Å². The quantitative estimate of drug-likeness (QED) is 0.264. The second kappa shape index (κ2) is 8.61. The maximum absolute atomic E-state index is 13.4. The normalized spacial score (nSPS) is 10.5. The first-order valence-corrected chi connectivity index (χ1v) is 9.25. The molecule has 0 aliphatic heterocycles. The van der Waals surface area contributed by atoms with Gasteiger partial charge in [-0.1, -0.05) is 71.2 Å². The minimum Gasteiger partial charge on any atom is -0.304 e. The maximum Gasteiger partial charge on any atom is 0.271 e. The van der Waals surface area contributed by atoms with E-state index >= 15 is 0 Å². The average Bonchev–Trinajstić information content (AvgIpc) is 2.70. The summed E-state index contributed by atoms with van der Waals surface area (Å²) in [4.78, 5) is 25.4. The van der Waals surface area contributed by atoms with Gasteiger partial charge in [-0.15, -0.1) is 0 Å². The Morgan fingerprint density at radius 1 is 0.929 bits per heavy atom. The third kappa shape index (κ3) is 4.28. The van der Waals surface area contributed by atoms with E-state index < -0.39 is 10.8 Å². The van der Waals surface area contributed by atoms with Gasteiger partial charge in [0.1, 0.15) is 0 Å². The van der Waals surface area contributed by atoms with E-state index in [1.165, 1.54) is 35.2 Å². The van der Waals surface area contributed by atoms with E-state index in [2.05, 4.69) is 0 Å². The largest absolute Gasteiger partial charge is 0.304 e. The van der Waals surface area contributed by atoms with Crippen LogP contribution in [0.15, 0.2) is 66.7 Å². The number of hydrogen-bond acceptors (Lipinski definition) is 3. The fourth-order valence-corrected chi connectivity index (χ4v) is 3.37. The molecule has 1 amide bonds. The molecule has 3 aromatic carbocycles. The van der Waals surface area contributed by atoms with Crippen LogP contribution >= 0.6 is 34.8 Å². The molecule has 28 heavy (non-hydrogen) atoms. The number of anilines is 1. The van der Waals surface area contributed by atoms with E-state index in [-0.39, 0.29) is 32.9 Å². The van der Waals surface area contributed by atoms with Crippen LogP contribution in [-0.4, -0.2) is 10.8 Å². The monoisotopic (exact) mass is 434 g/mol. The van der Waals surface area contributed by atoms with Crippen LogP contribution in [-0.2, 0) is 6.54 Å². The highest BCUT2D eigenvalue weighted by molar-refractivity contribution is 6.46. The number of benzene rings is 3. The lowest BCUT2D eigenvalue weighted by Gasteiger charge is -2.24. The molecule has 3 aromatic rings. The minimum absolute atomic E-state index is 0.0302. The van der Waals surface area contributed by atoms with Crippen molar-refractivity contribution in [2.45, 2.75) is 6.54 Å². The molecule has 0 fully saturated rings. The van der Waals surface area contributed by atoms with Crippen LogP contribution in [0.2, 0.25) is 15.1 Å². The first kappa shape index (κ1) is 20.1. The Bertz CT molecular complexity index is 1040. The molecule has 5 nitrogen and oxygen atoms in total. The first-order valence-electron chi connectivity index (χ1n) is 8.12. The zero-order valence-electron chi connectivity index (χ0n) is 14.3. The average molecular weight is 436 g/mol. The molecule has 142 valence electrons. The Balaban J connectivity index is 2.11. The van der Waals surface area contributed by atoms with Crippen molar-refractivity contribution in [2.75, 3.05) is 4.90 Å². The van der Waals surface area contributed by atoms with Crippen molar-refractivity contribution in [3.63, 3.8) is 0 Å². The summed E-state index contributed by atoms with van der Waals surface area (Å²) in [6, 6.07) is 18.0. The summed E-state index contributed by atoms with van der Waals surface area (Å²) < 4.78 is 0. The van der Waals surface area contributed by atoms with Crippen molar-refractivity contribution in [1.29, 1.82) is 0 Å². The fourth-order valence-electron chi connectivity index (χ4n) is 2.68. The van der Waals surface area contributed by atoms with Crippen molar-refractivity contribution >= 4 is 52.1 Å². The lowest BCUT2D eigenvalue weighted by atomic mass is 10.1. The van der Waals surface area contributed by atoms with Crippen molar-refractivity contribution < 1.29 is 9.72 Å². The van der Waals surface area contributed by atoms with Crippen LogP contribution in [0, 0.1) is 10.1 Å². The first-order chi connectivity index (χ1) is 13.4. The third-order valence-corrected chi connectivity index (χ3v) is 5.16. The minimum atomic E-state index is -0.520. The Hall–Kier alpha value is -2.60. The zero-order valence-corrected chi connectivity index (χ0v) is 16.6. The summed E-state index contributed by atoms with van der Waals surface area (Å²) in [6.45, 7) is 0.167. The smallest absolute Gasteiger partial charge is 0.271 e. The molecule has 0 unspecified atom stereocenters. The number of halogens is 3. The summed E-state index contributed by atoms with van der Waals surface area (Å²) in [5.41, 5.74) is 1.08. The molecule has 0 saturated carbocycles. The number of carbonyl (C=O) groups is 1. The molecule has 8 heteroatoms. The van der Waals surface area contributed by atoms with E-state index in [4.69, 9.17) is 34.8 Å². The molecule has 0 heterocycles. The molecular weight excluding hydrogens is 423 g/mol. The van der Waals surface area contributed by atoms with Crippen LogP contribution in [0.4, 0.5) is 11.4 Å². The van der Waals surface area contributed by atoms with Gasteiger partial charge in [0.2, 0.25) is 0 Å². The zero-order chi connectivity index (χ0) is 20.3. The molecule has 0 saturated heterocycles. The van der Waals surface area contributed by atoms with Crippen LogP contribution in [0.1, 0.15) is 15.9 Å². The summed E-state index contributed by atoms with van der Waals surface area (Å²) in [5, 5.41) is 11.5. The van der Waals surface area contributed by atoms with Crippen molar-refractivity contribution in [1.82, 2.24) is 0 Å². The third-order valence-electron chi connectivity index (χ3n) is 4.04. The molecular formula is C20H13Cl3N2O3. The highest BCUT2D eigenvalue weighted by atomic mass is 35.5. The van der Waals surface area contributed by atoms with Gasteiger partial charge in [-0.25, -0.2) is 0 Å². The Morgan fingerprint density at radius 2 is 1.61 bits per heavy atom. The number of non-ortho nitro benzene ring substituents is 1.